The molecule has 0 aliphatic heterocycles. The standard InChI is InChI=1S/C23H23N5/c1-4-28(19-11-5-8-16(2)14-19)23-25-17(3)15-21(27-23)26-20-12-6-9-18-10-7-13-24-22(18)20/h5-15H,4H2,1-3H3,(H,25,26,27). The molecular formula is C23H23N5. The predicted molar refractivity (Wildman–Crippen MR) is 116 cm³/mol. The summed E-state index contributed by atoms with van der Waals surface area (Å²) in [6.45, 7) is 6.97. The first-order valence-corrected chi connectivity index (χ1v) is 9.44. The van der Waals surface area contributed by atoms with E-state index in [9.17, 15) is 0 Å². The zero-order chi connectivity index (χ0) is 19.5. The maximum atomic E-state index is 4.79. The number of pyridine rings is 1. The van der Waals surface area contributed by atoms with Gasteiger partial charge in [-0.3, -0.25) is 4.98 Å². The van der Waals surface area contributed by atoms with E-state index in [1.165, 1.54) is 5.56 Å². The highest BCUT2D eigenvalue weighted by atomic mass is 15.3. The Morgan fingerprint density at radius 1 is 0.929 bits per heavy atom. The Bertz CT molecular complexity index is 1120. The van der Waals surface area contributed by atoms with Gasteiger partial charge in [0.05, 0.1) is 11.2 Å². The molecule has 0 saturated heterocycles. The molecule has 2 heterocycles. The average molecular weight is 369 g/mol. The molecule has 28 heavy (non-hydrogen) atoms. The fraction of sp³-hybridized carbons (Fsp3) is 0.174. The van der Waals surface area contributed by atoms with Crippen molar-refractivity contribution >= 4 is 34.0 Å². The maximum absolute atomic E-state index is 4.79. The van der Waals surface area contributed by atoms with Crippen molar-refractivity contribution in [2.45, 2.75) is 20.8 Å². The molecular weight excluding hydrogens is 346 g/mol. The van der Waals surface area contributed by atoms with Crippen LogP contribution in [0.5, 0.6) is 0 Å². The summed E-state index contributed by atoms with van der Waals surface area (Å²) in [5, 5.41) is 4.52. The van der Waals surface area contributed by atoms with Gasteiger partial charge in [-0.15, -0.1) is 0 Å². The molecule has 0 unspecified atom stereocenters. The lowest BCUT2D eigenvalue weighted by Crippen LogP contribution is -2.19. The Balaban J connectivity index is 1.72. The van der Waals surface area contributed by atoms with Crippen molar-refractivity contribution in [1.29, 1.82) is 0 Å². The van der Waals surface area contributed by atoms with Gasteiger partial charge in [0.1, 0.15) is 5.82 Å². The quantitative estimate of drug-likeness (QED) is 0.500. The second kappa shape index (κ2) is 7.64. The van der Waals surface area contributed by atoms with Crippen LogP contribution >= 0.6 is 0 Å². The van der Waals surface area contributed by atoms with Crippen LogP contribution in [0.25, 0.3) is 10.9 Å². The van der Waals surface area contributed by atoms with Crippen molar-refractivity contribution in [3.8, 4) is 0 Å². The smallest absolute Gasteiger partial charge is 0.232 e. The minimum atomic E-state index is 0.684. The maximum Gasteiger partial charge on any atom is 0.232 e. The van der Waals surface area contributed by atoms with Crippen LogP contribution in [-0.4, -0.2) is 21.5 Å². The van der Waals surface area contributed by atoms with Gasteiger partial charge in [0.15, 0.2) is 0 Å². The Morgan fingerprint density at radius 3 is 2.57 bits per heavy atom. The molecule has 5 nitrogen and oxygen atoms in total. The second-order valence-electron chi connectivity index (χ2n) is 6.78. The van der Waals surface area contributed by atoms with Crippen molar-refractivity contribution in [1.82, 2.24) is 15.0 Å². The summed E-state index contributed by atoms with van der Waals surface area (Å²) in [6.07, 6.45) is 1.81. The molecule has 140 valence electrons. The molecule has 0 fully saturated rings. The molecule has 4 rings (SSSR count). The monoisotopic (exact) mass is 369 g/mol. The first kappa shape index (κ1) is 17.9. The number of hydrogen-bond acceptors (Lipinski definition) is 5. The van der Waals surface area contributed by atoms with Crippen molar-refractivity contribution in [3.05, 3.63) is 78.1 Å². The highest BCUT2D eigenvalue weighted by molar-refractivity contribution is 5.91. The van der Waals surface area contributed by atoms with Crippen LogP contribution in [0.1, 0.15) is 18.2 Å². The topological polar surface area (TPSA) is 53.9 Å². The third kappa shape index (κ3) is 3.64. The van der Waals surface area contributed by atoms with E-state index in [1.54, 1.807) is 6.20 Å². The first-order valence-electron chi connectivity index (χ1n) is 9.44. The molecule has 0 aliphatic rings. The number of benzene rings is 2. The largest absolute Gasteiger partial charge is 0.338 e. The summed E-state index contributed by atoms with van der Waals surface area (Å²) in [4.78, 5) is 16.1. The molecule has 0 bridgehead atoms. The van der Waals surface area contributed by atoms with Crippen LogP contribution in [0.2, 0.25) is 0 Å². The molecule has 5 heteroatoms. The summed E-state index contributed by atoms with van der Waals surface area (Å²) in [5.41, 5.74) is 5.07. The number of rotatable bonds is 5. The molecule has 1 N–H and O–H groups in total. The summed E-state index contributed by atoms with van der Waals surface area (Å²) in [6, 6.07) is 20.4. The van der Waals surface area contributed by atoms with E-state index in [-0.39, 0.29) is 0 Å². The molecule has 4 aromatic rings. The number of aromatic nitrogens is 3. The predicted octanol–water partition coefficient (Wildman–Crippen LogP) is 5.54. The minimum absolute atomic E-state index is 0.684. The van der Waals surface area contributed by atoms with E-state index < -0.39 is 0 Å². The number of fused-ring (bicyclic) bond motifs is 1. The van der Waals surface area contributed by atoms with E-state index >= 15 is 0 Å². The van der Waals surface area contributed by atoms with E-state index in [4.69, 9.17) is 4.98 Å². The van der Waals surface area contributed by atoms with E-state index in [2.05, 4.69) is 70.4 Å². The number of para-hydroxylation sites is 1. The van der Waals surface area contributed by atoms with Gasteiger partial charge >= 0.3 is 0 Å². The number of nitrogens with zero attached hydrogens (tertiary/aromatic N) is 4. The molecule has 2 aromatic carbocycles. The Kier molecular flexibility index (Phi) is 4.89. The van der Waals surface area contributed by atoms with Crippen LogP contribution in [0.4, 0.5) is 23.1 Å². The lowest BCUT2D eigenvalue weighted by Gasteiger charge is -2.22. The van der Waals surface area contributed by atoms with E-state index in [0.29, 0.717) is 5.95 Å². The number of hydrogen-bond donors (Lipinski definition) is 1. The van der Waals surface area contributed by atoms with Gasteiger partial charge in [-0.1, -0.05) is 30.3 Å². The summed E-state index contributed by atoms with van der Waals surface area (Å²) >= 11 is 0. The highest BCUT2D eigenvalue weighted by Crippen LogP contribution is 2.27. The number of anilines is 4. The lowest BCUT2D eigenvalue weighted by molar-refractivity contribution is 0.935. The van der Waals surface area contributed by atoms with Crippen molar-refractivity contribution < 1.29 is 0 Å². The SMILES string of the molecule is CCN(c1cccc(C)c1)c1nc(C)cc(Nc2cccc3cccnc23)n1. The van der Waals surface area contributed by atoms with Crippen molar-refractivity contribution in [2.24, 2.45) is 0 Å². The fourth-order valence-electron chi connectivity index (χ4n) is 3.32. The third-order valence-corrected chi connectivity index (χ3v) is 4.61. The van der Waals surface area contributed by atoms with E-state index in [1.807, 2.05) is 31.2 Å². The van der Waals surface area contributed by atoms with Gasteiger partial charge in [0.2, 0.25) is 5.95 Å². The normalized spacial score (nSPS) is 10.8. The van der Waals surface area contributed by atoms with Gasteiger partial charge in [-0.25, -0.2) is 4.98 Å². The first-order chi connectivity index (χ1) is 13.6. The van der Waals surface area contributed by atoms with Gasteiger partial charge in [-0.2, -0.15) is 4.98 Å². The Hall–Kier alpha value is -3.47. The highest BCUT2D eigenvalue weighted by Gasteiger charge is 2.13. The Labute approximate surface area is 165 Å². The van der Waals surface area contributed by atoms with Gasteiger partial charge < -0.3 is 10.2 Å². The minimum Gasteiger partial charge on any atom is -0.338 e. The molecule has 2 aromatic heterocycles. The lowest BCUT2D eigenvalue weighted by atomic mass is 10.2. The number of nitrogens with one attached hydrogen (secondary N) is 1. The van der Waals surface area contributed by atoms with Crippen LogP contribution < -0.4 is 10.2 Å². The third-order valence-electron chi connectivity index (χ3n) is 4.61. The van der Waals surface area contributed by atoms with Gasteiger partial charge in [0.25, 0.3) is 0 Å². The molecule has 0 atom stereocenters. The number of aryl methyl sites for hydroxylation is 2. The molecule has 0 amide bonds. The average Bonchev–Trinajstić information content (AvgIpc) is 2.69. The summed E-state index contributed by atoms with van der Waals surface area (Å²) in [7, 11) is 0. The second-order valence-corrected chi connectivity index (χ2v) is 6.78. The van der Waals surface area contributed by atoms with Crippen LogP contribution in [0, 0.1) is 13.8 Å². The van der Waals surface area contributed by atoms with Crippen LogP contribution in [-0.2, 0) is 0 Å². The van der Waals surface area contributed by atoms with Crippen LogP contribution in [0.15, 0.2) is 66.9 Å². The van der Waals surface area contributed by atoms with Gasteiger partial charge in [0, 0.05) is 35.6 Å². The molecule has 0 saturated carbocycles. The summed E-state index contributed by atoms with van der Waals surface area (Å²) < 4.78 is 0. The van der Waals surface area contributed by atoms with Crippen LogP contribution in [0.3, 0.4) is 0 Å². The zero-order valence-electron chi connectivity index (χ0n) is 16.3. The van der Waals surface area contributed by atoms with Gasteiger partial charge in [-0.05, 0) is 50.6 Å². The fourth-order valence-corrected chi connectivity index (χ4v) is 3.32. The molecule has 0 radical (unpaired) electrons. The molecule has 0 spiro atoms. The van der Waals surface area contributed by atoms with Crippen molar-refractivity contribution in [3.63, 3.8) is 0 Å². The van der Waals surface area contributed by atoms with Crippen molar-refractivity contribution in [2.75, 3.05) is 16.8 Å². The zero-order valence-corrected chi connectivity index (χ0v) is 16.3. The summed E-state index contributed by atoms with van der Waals surface area (Å²) in [5.74, 6) is 1.44. The molecule has 0 aliphatic carbocycles. The Morgan fingerprint density at radius 2 is 1.75 bits per heavy atom. The van der Waals surface area contributed by atoms with E-state index in [0.717, 1.165) is 40.3 Å².